The van der Waals surface area contributed by atoms with Crippen molar-refractivity contribution in [3.05, 3.63) is 53.6 Å². The van der Waals surface area contributed by atoms with Gasteiger partial charge >= 0.3 is 11.6 Å². The summed E-state index contributed by atoms with van der Waals surface area (Å²) in [6.45, 7) is 6.72. The van der Waals surface area contributed by atoms with E-state index in [1.165, 1.54) is 19.1 Å². The third-order valence-corrected chi connectivity index (χ3v) is 7.72. The van der Waals surface area contributed by atoms with Crippen LogP contribution in [0.5, 0.6) is 0 Å². The van der Waals surface area contributed by atoms with E-state index in [2.05, 4.69) is 13.0 Å². The predicted molar refractivity (Wildman–Crippen MR) is 120 cm³/mol. The van der Waals surface area contributed by atoms with Crippen molar-refractivity contribution in [2.45, 2.75) is 50.8 Å². The van der Waals surface area contributed by atoms with Gasteiger partial charge in [-0.1, -0.05) is 16.5 Å². The smallest absolute Gasteiger partial charge is 0.313 e. The zero-order valence-electron chi connectivity index (χ0n) is 19.5. The standard InChI is InChI=1S/C25H27FN5O3/c1-15(32)22(33)28-10-11-29-23(34)20-13-30-21(31(20)25(29,3)14-28)18(24(2)8-9-24)12-19(27-30)16-4-6-17(26)7-5-16/h4-7,12-13,15,32H,8-11,14H2,1-3H3/q+1. The summed E-state index contributed by atoms with van der Waals surface area (Å²) in [6, 6.07) is 8.31. The van der Waals surface area contributed by atoms with Crippen molar-refractivity contribution in [2.75, 3.05) is 19.6 Å². The number of amides is 2. The van der Waals surface area contributed by atoms with Crippen LogP contribution in [-0.2, 0) is 15.9 Å². The topological polar surface area (TPSA) is 82.0 Å². The van der Waals surface area contributed by atoms with E-state index in [0.717, 1.165) is 29.6 Å². The van der Waals surface area contributed by atoms with Gasteiger partial charge in [-0.15, -0.1) is 0 Å². The van der Waals surface area contributed by atoms with Crippen LogP contribution in [0.3, 0.4) is 0 Å². The van der Waals surface area contributed by atoms with Gasteiger partial charge in [-0.05, 0) is 50.1 Å². The molecule has 3 aliphatic rings. The molecule has 1 aromatic carbocycles. The lowest BCUT2D eigenvalue weighted by atomic mass is 9.97. The van der Waals surface area contributed by atoms with Crippen molar-refractivity contribution in [1.29, 1.82) is 0 Å². The minimum absolute atomic E-state index is 0.0469. The molecule has 9 heteroatoms. The first kappa shape index (κ1) is 21.2. The zero-order chi connectivity index (χ0) is 24.0. The van der Waals surface area contributed by atoms with Crippen molar-refractivity contribution >= 4 is 17.5 Å². The molecular weight excluding hydrogens is 437 g/mol. The van der Waals surface area contributed by atoms with Crippen LogP contribution in [0, 0.1) is 5.82 Å². The van der Waals surface area contributed by atoms with Gasteiger partial charge < -0.3 is 10.0 Å². The Morgan fingerprint density at radius 2 is 1.91 bits per heavy atom. The maximum atomic E-state index is 13.5. The van der Waals surface area contributed by atoms with Gasteiger partial charge in [0.05, 0.1) is 12.1 Å². The molecule has 1 N–H and O–H groups in total. The number of halogens is 1. The van der Waals surface area contributed by atoms with E-state index in [0.29, 0.717) is 24.5 Å². The maximum Gasteiger partial charge on any atom is 0.313 e. The number of carbonyl (C=O) groups excluding carboxylic acids is 2. The fourth-order valence-corrected chi connectivity index (χ4v) is 5.51. The molecule has 0 bridgehead atoms. The first-order valence-corrected chi connectivity index (χ1v) is 11.7. The number of aromatic nitrogens is 3. The van der Waals surface area contributed by atoms with Gasteiger partial charge in [-0.25, -0.2) is 4.39 Å². The Kier molecular flexibility index (Phi) is 4.27. The normalized spacial score (nSPS) is 23.7. The van der Waals surface area contributed by atoms with Crippen LogP contribution >= 0.6 is 0 Å². The third kappa shape index (κ3) is 2.86. The van der Waals surface area contributed by atoms with Gasteiger partial charge in [0, 0.05) is 31.0 Å². The number of imidazole rings is 1. The Labute approximate surface area is 196 Å². The van der Waals surface area contributed by atoms with E-state index in [1.54, 1.807) is 27.7 Å². The summed E-state index contributed by atoms with van der Waals surface area (Å²) in [5.74, 6) is -0.730. The van der Waals surface area contributed by atoms with Gasteiger partial charge in [0.15, 0.2) is 6.20 Å². The summed E-state index contributed by atoms with van der Waals surface area (Å²) in [6.07, 6.45) is 2.72. The minimum atomic E-state index is -1.09. The van der Waals surface area contributed by atoms with Gasteiger partial charge in [-0.2, -0.15) is 4.57 Å². The Balaban J connectivity index is 1.56. The summed E-state index contributed by atoms with van der Waals surface area (Å²) < 4.78 is 17.3. The van der Waals surface area contributed by atoms with Crippen molar-refractivity contribution in [3.8, 4) is 11.3 Å². The average molecular weight is 465 g/mol. The predicted octanol–water partition coefficient (Wildman–Crippen LogP) is 1.83. The first-order valence-electron chi connectivity index (χ1n) is 11.7. The molecule has 2 aromatic heterocycles. The lowest BCUT2D eigenvalue weighted by Gasteiger charge is -2.42. The first-order chi connectivity index (χ1) is 16.1. The summed E-state index contributed by atoms with van der Waals surface area (Å²) in [5, 5.41) is 14.7. The maximum absolute atomic E-state index is 13.5. The number of carbonyl (C=O) groups is 2. The van der Waals surface area contributed by atoms with Crippen LogP contribution in [0.25, 0.3) is 16.9 Å². The van der Waals surface area contributed by atoms with Crippen LogP contribution in [0.15, 0.2) is 36.5 Å². The number of nitrogens with zero attached hydrogens (tertiary/aromatic N) is 5. The van der Waals surface area contributed by atoms with E-state index < -0.39 is 11.8 Å². The molecule has 6 rings (SSSR count). The molecule has 2 fully saturated rings. The molecule has 2 amide bonds. The molecular formula is C25H27FN5O3+. The number of rotatable bonds is 3. The van der Waals surface area contributed by atoms with E-state index in [1.807, 2.05) is 16.4 Å². The molecule has 1 aliphatic carbocycles. The molecule has 2 unspecified atom stereocenters. The van der Waals surface area contributed by atoms with Gasteiger partial charge in [0.25, 0.3) is 5.91 Å². The van der Waals surface area contributed by atoms with Crippen molar-refractivity contribution in [1.82, 2.24) is 19.4 Å². The highest BCUT2D eigenvalue weighted by molar-refractivity contribution is 5.93. The van der Waals surface area contributed by atoms with Crippen LogP contribution < -0.4 is 4.57 Å². The summed E-state index contributed by atoms with van der Waals surface area (Å²) in [5.41, 5.74) is 3.14. The second-order valence-electron chi connectivity index (χ2n) is 10.2. The minimum Gasteiger partial charge on any atom is -0.384 e. The molecule has 0 radical (unpaired) electrons. The van der Waals surface area contributed by atoms with Gasteiger partial charge in [0.1, 0.15) is 17.6 Å². The number of aliphatic hydroxyl groups excluding tert-OH is 1. The van der Waals surface area contributed by atoms with Crippen molar-refractivity contribution in [3.63, 3.8) is 0 Å². The summed E-state index contributed by atoms with van der Waals surface area (Å²) in [4.78, 5) is 29.5. The number of fused-ring (bicyclic) bond motifs is 5. The molecule has 8 nitrogen and oxygen atoms in total. The monoisotopic (exact) mass is 464 g/mol. The molecule has 34 heavy (non-hydrogen) atoms. The SMILES string of the molecule is CC(O)C(=O)N1CCN2C(=O)c3cn4nc(-c5ccc(F)cc5)cc(C5(C)CC5)c4[n+]3C2(C)C1. The molecule has 2 aliphatic heterocycles. The molecule has 0 spiro atoms. The Bertz CT molecular complexity index is 1360. The fraction of sp³-hybridized carbons (Fsp3) is 0.440. The number of aliphatic hydroxyl groups is 1. The van der Waals surface area contributed by atoms with E-state index in [4.69, 9.17) is 5.10 Å². The quantitative estimate of drug-likeness (QED) is 0.600. The van der Waals surface area contributed by atoms with Crippen molar-refractivity contribution < 1.29 is 23.7 Å². The molecule has 1 saturated heterocycles. The highest BCUT2D eigenvalue weighted by Gasteiger charge is 2.58. The van der Waals surface area contributed by atoms with Crippen molar-refractivity contribution in [2.24, 2.45) is 0 Å². The molecule has 4 heterocycles. The Morgan fingerprint density at radius 3 is 2.56 bits per heavy atom. The van der Waals surface area contributed by atoms with Gasteiger partial charge in [-0.3, -0.25) is 14.5 Å². The lowest BCUT2D eigenvalue weighted by Crippen LogP contribution is -2.69. The molecule has 3 aromatic rings. The summed E-state index contributed by atoms with van der Waals surface area (Å²) in [7, 11) is 0. The number of hydrogen-bond acceptors (Lipinski definition) is 4. The fourth-order valence-electron chi connectivity index (χ4n) is 5.51. The average Bonchev–Trinajstić information content (AvgIpc) is 3.36. The van der Waals surface area contributed by atoms with E-state index in [9.17, 15) is 19.1 Å². The summed E-state index contributed by atoms with van der Waals surface area (Å²) >= 11 is 0. The number of hydrogen-bond donors (Lipinski definition) is 1. The van der Waals surface area contributed by atoms with Gasteiger partial charge in [0.2, 0.25) is 11.4 Å². The second kappa shape index (κ2) is 6.85. The van der Waals surface area contributed by atoms with Crippen LogP contribution in [0.2, 0.25) is 0 Å². The van der Waals surface area contributed by atoms with Crippen LogP contribution in [-0.4, -0.2) is 62.1 Å². The lowest BCUT2D eigenvalue weighted by molar-refractivity contribution is -0.749. The molecule has 176 valence electrons. The second-order valence-corrected chi connectivity index (χ2v) is 10.2. The third-order valence-electron chi connectivity index (χ3n) is 7.72. The zero-order valence-corrected chi connectivity index (χ0v) is 19.5. The highest BCUT2D eigenvalue weighted by Crippen LogP contribution is 2.49. The van der Waals surface area contributed by atoms with E-state index >= 15 is 0 Å². The molecule has 1 saturated carbocycles. The number of piperazine rings is 1. The highest BCUT2D eigenvalue weighted by atomic mass is 19.1. The van der Waals surface area contributed by atoms with Crippen LogP contribution in [0.4, 0.5) is 4.39 Å². The Morgan fingerprint density at radius 1 is 1.21 bits per heavy atom. The molecule has 2 atom stereocenters. The number of benzene rings is 1. The Hall–Kier alpha value is -3.33. The van der Waals surface area contributed by atoms with Crippen LogP contribution in [0.1, 0.15) is 49.7 Å². The largest absolute Gasteiger partial charge is 0.384 e. The van der Waals surface area contributed by atoms with E-state index in [-0.39, 0.29) is 29.6 Å².